The maximum atomic E-state index is 13.4. The van der Waals surface area contributed by atoms with E-state index in [0.29, 0.717) is 41.1 Å². The molecule has 4 fully saturated rings. The molecule has 0 N–H and O–H groups in total. The molecule has 198 valence electrons. The van der Waals surface area contributed by atoms with E-state index in [-0.39, 0.29) is 27.6 Å². The van der Waals surface area contributed by atoms with Crippen molar-refractivity contribution in [2.75, 3.05) is 14.2 Å². The summed E-state index contributed by atoms with van der Waals surface area (Å²) in [5.74, 6) is 2.98. The molecule has 3 heteroatoms. The summed E-state index contributed by atoms with van der Waals surface area (Å²) >= 11 is 0. The Morgan fingerprint density at radius 3 is 2.26 bits per heavy atom. The molecule has 1 unspecified atom stereocenters. The van der Waals surface area contributed by atoms with Gasteiger partial charge in [0.15, 0.2) is 0 Å². The Morgan fingerprint density at radius 2 is 1.60 bits per heavy atom. The molecule has 35 heavy (non-hydrogen) atoms. The first-order valence-electron chi connectivity index (χ1n) is 14.7. The smallest absolute Gasteiger partial charge is 0.312 e. The van der Waals surface area contributed by atoms with Gasteiger partial charge in [0.2, 0.25) is 0 Å². The van der Waals surface area contributed by atoms with Gasteiger partial charge in [0.05, 0.1) is 18.6 Å². The Bertz CT molecular complexity index is 904. The maximum Gasteiger partial charge on any atom is 0.312 e. The van der Waals surface area contributed by atoms with Crippen molar-refractivity contribution in [3.8, 4) is 0 Å². The van der Waals surface area contributed by atoms with Crippen LogP contribution in [0.4, 0.5) is 0 Å². The number of methoxy groups -OCH3 is 2. The van der Waals surface area contributed by atoms with Gasteiger partial charge in [-0.2, -0.15) is 0 Å². The van der Waals surface area contributed by atoms with Crippen molar-refractivity contribution in [1.29, 1.82) is 0 Å². The minimum atomic E-state index is -0.311. The van der Waals surface area contributed by atoms with E-state index in [1.807, 2.05) is 7.11 Å². The highest BCUT2D eigenvalue weighted by Gasteiger charge is 2.69. The number of ether oxygens (including phenoxy) is 2. The Labute approximate surface area is 215 Å². The molecule has 0 saturated heterocycles. The largest absolute Gasteiger partial charge is 0.469 e. The van der Waals surface area contributed by atoms with Crippen molar-refractivity contribution in [3.63, 3.8) is 0 Å². The number of hydrogen-bond donors (Lipinski definition) is 0. The number of rotatable bonds is 2. The summed E-state index contributed by atoms with van der Waals surface area (Å²) in [4.78, 5) is 13.4. The van der Waals surface area contributed by atoms with E-state index in [4.69, 9.17) is 9.47 Å². The molecule has 0 amide bonds. The average Bonchev–Trinajstić information content (AvgIpc) is 2.81. The van der Waals surface area contributed by atoms with Crippen LogP contribution in [-0.4, -0.2) is 26.3 Å². The van der Waals surface area contributed by atoms with Gasteiger partial charge < -0.3 is 9.47 Å². The lowest BCUT2D eigenvalue weighted by atomic mass is 9.33. The van der Waals surface area contributed by atoms with Crippen LogP contribution in [0.25, 0.3) is 0 Å². The summed E-state index contributed by atoms with van der Waals surface area (Å²) in [6.45, 7) is 17.7. The molecule has 5 rings (SSSR count). The van der Waals surface area contributed by atoms with Crippen LogP contribution < -0.4 is 0 Å². The van der Waals surface area contributed by atoms with Crippen LogP contribution in [-0.2, 0) is 14.3 Å². The fourth-order valence-electron chi connectivity index (χ4n) is 11.4. The monoisotopic (exact) mass is 484 g/mol. The summed E-state index contributed by atoms with van der Waals surface area (Å²) in [5, 5.41) is 0. The fraction of sp³-hybridized carbons (Fsp3) is 0.906. The standard InChI is InChI=1S/C32H52O3/c1-20-12-17-32(27(33)35-9)19-18-30(6)22(26(32)21(20)2)10-11-24-29(5)15-14-25(34-8)28(3,4)23(29)13-16-31(24,30)7/h10,20-21,23-26H,11-19H2,1-9H3/t20-,21+,23?,24-,25+,26+,29+,30-,31-,32+/m1/s1. The lowest BCUT2D eigenvalue weighted by molar-refractivity contribution is -0.210. The highest BCUT2D eigenvalue weighted by atomic mass is 16.5. The molecule has 3 nitrogen and oxygen atoms in total. The van der Waals surface area contributed by atoms with E-state index in [2.05, 4.69) is 54.5 Å². The van der Waals surface area contributed by atoms with Gasteiger partial charge in [-0.25, -0.2) is 0 Å². The molecule has 0 radical (unpaired) electrons. The quantitative estimate of drug-likeness (QED) is 0.296. The van der Waals surface area contributed by atoms with E-state index in [1.54, 1.807) is 12.7 Å². The highest BCUT2D eigenvalue weighted by molar-refractivity contribution is 5.78. The molecule has 0 aromatic rings. The summed E-state index contributed by atoms with van der Waals surface area (Å²) in [7, 11) is 3.53. The molecular weight excluding hydrogens is 432 g/mol. The van der Waals surface area contributed by atoms with Crippen LogP contribution in [0.5, 0.6) is 0 Å². The van der Waals surface area contributed by atoms with Gasteiger partial charge in [0.1, 0.15) is 0 Å². The van der Waals surface area contributed by atoms with Crippen molar-refractivity contribution in [2.24, 2.45) is 56.7 Å². The Kier molecular flexibility index (Phi) is 5.96. The third-order valence-electron chi connectivity index (χ3n) is 13.8. The number of carbonyl (C=O) groups excluding carboxylic acids is 1. The molecule has 0 heterocycles. The summed E-state index contributed by atoms with van der Waals surface area (Å²) in [6.07, 6.45) is 13.5. The minimum absolute atomic E-state index is 0.0618. The summed E-state index contributed by atoms with van der Waals surface area (Å²) in [5.41, 5.74) is 2.33. The number of allylic oxidation sites excluding steroid dienone is 2. The van der Waals surface area contributed by atoms with Crippen molar-refractivity contribution in [1.82, 2.24) is 0 Å². The Hall–Kier alpha value is -0.830. The lowest BCUT2D eigenvalue weighted by Gasteiger charge is -2.71. The number of hydrogen-bond acceptors (Lipinski definition) is 3. The molecule has 5 aliphatic carbocycles. The zero-order valence-electron chi connectivity index (χ0n) is 24.1. The van der Waals surface area contributed by atoms with E-state index in [9.17, 15) is 4.79 Å². The molecule has 0 spiro atoms. The van der Waals surface area contributed by atoms with Gasteiger partial charge in [0, 0.05) is 7.11 Å². The van der Waals surface area contributed by atoms with Crippen LogP contribution in [0.1, 0.15) is 106 Å². The Morgan fingerprint density at radius 1 is 0.886 bits per heavy atom. The summed E-state index contributed by atoms with van der Waals surface area (Å²) in [6, 6.07) is 0. The second kappa shape index (κ2) is 8.08. The first kappa shape index (κ1) is 25.8. The zero-order chi connectivity index (χ0) is 25.6. The SMILES string of the molecule is COC(=O)[C@]12CC[C@@H](C)[C@H](C)[C@H]1C1=CC[C@@H]3[C@@]4(C)CC[C@H](OC)C(C)(C)C4CC[C@@]3(C)[C@]1(C)CC2. The first-order chi connectivity index (χ1) is 16.3. The van der Waals surface area contributed by atoms with Crippen LogP contribution in [0.3, 0.4) is 0 Å². The second-order valence-electron chi connectivity index (χ2n) is 14.9. The third-order valence-corrected chi connectivity index (χ3v) is 13.8. The molecule has 5 aliphatic rings. The second-order valence-corrected chi connectivity index (χ2v) is 14.9. The first-order valence-corrected chi connectivity index (χ1v) is 14.7. The van der Waals surface area contributed by atoms with Gasteiger partial charge >= 0.3 is 5.97 Å². The van der Waals surface area contributed by atoms with E-state index >= 15 is 0 Å². The zero-order valence-corrected chi connectivity index (χ0v) is 24.1. The topological polar surface area (TPSA) is 35.5 Å². The number of fused-ring (bicyclic) bond motifs is 7. The van der Waals surface area contributed by atoms with E-state index in [1.165, 1.54) is 32.1 Å². The molecule has 0 bridgehead atoms. The summed E-state index contributed by atoms with van der Waals surface area (Å²) < 4.78 is 11.6. The van der Waals surface area contributed by atoms with Gasteiger partial charge in [-0.1, -0.05) is 60.1 Å². The molecular formula is C32H52O3. The van der Waals surface area contributed by atoms with Crippen LogP contribution in [0.2, 0.25) is 0 Å². The third kappa shape index (κ3) is 3.09. The molecule has 0 aromatic heterocycles. The predicted octanol–water partition coefficient (Wildman–Crippen LogP) is 7.83. The fourth-order valence-corrected chi connectivity index (χ4v) is 11.4. The van der Waals surface area contributed by atoms with Crippen molar-refractivity contribution < 1.29 is 14.3 Å². The van der Waals surface area contributed by atoms with Crippen molar-refractivity contribution >= 4 is 5.97 Å². The molecule has 0 aromatic carbocycles. The number of esters is 1. The predicted molar refractivity (Wildman–Crippen MR) is 142 cm³/mol. The highest BCUT2D eigenvalue weighted by Crippen LogP contribution is 2.75. The maximum absolute atomic E-state index is 13.4. The van der Waals surface area contributed by atoms with Crippen molar-refractivity contribution in [2.45, 2.75) is 112 Å². The van der Waals surface area contributed by atoms with Crippen LogP contribution in [0.15, 0.2) is 11.6 Å². The van der Waals surface area contributed by atoms with Crippen molar-refractivity contribution in [3.05, 3.63) is 11.6 Å². The van der Waals surface area contributed by atoms with Gasteiger partial charge in [0.25, 0.3) is 0 Å². The van der Waals surface area contributed by atoms with Gasteiger partial charge in [-0.3, -0.25) is 4.79 Å². The minimum Gasteiger partial charge on any atom is -0.469 e. The number of carbonyl (C=O) groups is 1. The molecule has 0 aliphatic heterocycles. The molecule has 4 saturated carbocycles. The van der Waals surface area contributed by atoms with Gasteiger partial charge in [-0.05, 0) is 109 Å². The Balaban J connectivity index is 1.60. The normalized spacial score (nSPS) is 52.8. The molecule has 10 atom stereocenters. The van der Waals surface area contributed by atoms with E-state index < -0.39 is 0 Å². The lowest BCUT2D eigenvalue weighted by Crippen LogP contribution is -2.65. The van der Waals surface area contributed by atoms with Crippen LogP contribution >= 0.6 is 0 Å². The average molecular weight is 485 g/mol. The van der Waals surface area contributed by atoms with E-state index in [0.717, 1.165) is 25.7 Å². The van der Waals surface area contributed by atoms with Gasteiger partial charge in [-0.15, -0.1) is 0 Å². The van der Waals surface area contributed by atoms with Crippen LogP contribution in [0, 0.1) is 56.7 Å².